The molecule has 0 saturated carbocycles. The van der Waals surface area contributed by atoms with Crippen LogP contribution in [0.15, 0.2) is 18.2 Å². The zero-order valence-corrected chi connectivity index (χ0v) is 16.4. The Morgan fingerprint density at radius 2 is 1.78 bits per heavy atom. The molecule has 0 amide bonds. The van der Waals surface area contributed by atoms with E-state index < -0.39 is 0 Å². The van der Waals surface area contributed by atoms with Crippen molar-refractivity contribution in [2.45, 2.75) is 33.7 Å². The van der Waals surface area contributed by atoms with Crippen molar-refractivity contribution in [3.05, 3.63) is 23.8 Å². The number of ether oxygens (including phenoxy) is 2. The van der Waals surface area contributed by atoms with Crippen molar-refractivity contribution in [1.29, 1.82) is 0 Å². The molecule has 0 aliphatic carbocycles. The summed E-state index contributed by atoms with van der Waals surface area (Å²) in [6, 6.07) is 6.04. The third-order valence-electron chi connectivity index (χ3n) is 3.61. The number of benzene rings is 1. The van der Waals surface area contributed by atoms with E-state index >= 15 is 0 Å². The molecule has 0 spiro atoms. The molecule has 0 heterocycles. The summed E-state index contributed by atoms with van der Waals surface area (Å²) >= 11 is 0. The maximum absolute atomic E-state index is 5.72. The Kier molecular flexibility index (Phi) is 15.9. The summed E-state index contributed by atoms with van der Waals surface area (Å²) in [4.78, 5) is 2.44. The van der Waals surface area contributed by atoms with Gasteiger partial charge in [0.1, 0.15) is 0 Å². The minimum absolute atomic E-state index is 0. The van der Waals surface area contributed by atoms with E-state index in [9.17, 15) is 0 Å². The second kappa shape index (κ2) is 14.9. The molecule has 1 N–H and O–H groups in total. The number of hydrogen-bond donors (Lipinski definition) is 1. The van der Waals surface area contributed by atoms with E-state index in [0.29, 0.717) is 6.61 Å². The highest BCUT2D eigenvalue weighted by Crippen LogP contribution is 2.30. The van der Waals surface area contributed by atoms with Gasteiger partial charge < -0.3 is 19.7 Å². The molecular formula is C17H32Cl2N2O2. The highest BCUT2D eigenvalue weighted by atomic mass is 35.5. The molecule has 136 valence electrons. The summed E-state index contributed by atoms with van der Waals surface area (Å²) in [5.74, 6) is 1.66. The van der Waals surface area contributed by atoms with Crippen LogP contribution in [0.5, 0.6) is 11.5 Å². The number of rotatable bonds is 11. The van der Waals surface area contributed by atoms with Gasteiger partial charge in [-0.25, -0.2) is 0 Å². The van der Waals surface area contributed by atoms with Crippen LogP contribution in [0.2, 0.25) is 0 Å². The van der Waals surface area contributed by atoms with Crippen LogP contribution in [0.4, 0.5) is 0 Å². The first-order chi connectivity index (χ1) is 10.3. The maximum atomic E-state index is 5.72. The Hall–Kier alpha value is -0.680. The van der Waals surface area contributed by atoms with Crippen molar-refractivity contribution >= 4 is 24.8 Å². The molecule has 0 fully saturated rings. The lowest BCUT2D eigenvalue weighted by Crippen LogP contribution is -2.27. The molecule has 4 nitrogen and oxygen atoms in total. The van der Waals surface area contributed by atoms with Crippen molar-refractivity contribution in [1.82, 2.24) is 10.2 Å². The highest BCUT2D eigenvalue weighted by molar-refractivity contribution is 5.85. The topological polar surface area (TPSA) is 33.7 Å². The van der Waals surface area contributed by atoms with Crippen molar-refractivity contribution in [3.63, 3.8) is 0 Å². The Balaban J connectivity index is 0. The molecule has 0 aliphatic heterocycles. The molecule has 1 aromatic carbocycles. The second-order valence-electron chi connectivity index (χ2n) is 4.94. The fourth-order valence-electron chi connectivity index (χ4n) is 2.36. The van der Waals surface area contributed by atoms with Crippen LogP contribution < -0.4 is 14.8 Å². The first kappa shape index (κ1) is 24.6. The van der Waals surface area contributed by atoms with Crippen molar-refractivity contribution < 1.29 is 9.47 Å². The third-order valence-corrected chi connectivity index (χ3v) is 3.61. The number of methoxy groups -OCH3 is 1. The Morgan fingerprint density at radius 1 is 1.09 bits per heavy atom. The molecular weight excluding hydrogens is 335 g/mol. The van der Waals surface area contributed by atoms with E-state index in [4.69, 9.17) is 9.47 Å². The van der Waals surface area contributed by atoms with E-state index in [1.54, 1.807) is 7.11 Å². The van der Waals surface area contributed by atoms with Crippen LogP contribution in [0.3, 0.4) is 0 Å². The minimum Gasteiger partial charge on any atom is -0.493 e. The predicted octanol–water partition coefficient (Wildman–Crippen LogP) is 3.76. The first-order valence-corrected chi connectivity index (χ1v) is 7.98. The largest absolute Gasteiger partial charge is 0.493 e. The number of halogens is 2. The van der Waals surface area contributed by atoms with Gasteiger partial charge in [0.2, 0.25) is 0 Å². The quantitative estimate of drug-likeness (QED) is 0.604. The number of nitrogens with one attached hydrogen (secondary N) is 1. The summed E-state index contributed by atoms with van der Waals surface area (Å²) in [6.07, 6.45) is 1.16. The fraction of sp³-hybridized carbons (Fsp3) is 0.647. The number of nitrogens with zero attached hydrogens (tertiary/aromatic N) is 1. The van der Waals surface area contributed by atoms with Gasteiger partial charge in [0, 0.05) is 12.1 Å². The molecule has 0 atom stereocenters. The standard InChI is InChI=1S/C17H30N2O2.2ClH/c1-5-19(6-2)13-9-12-18-14-15-10-8-11-16(20-4)17(15)21-7-3;;/h8,10-11,18H,5-7,9,12-14H2,1-4H3;2*1H. The lowest BCUT2D eigenvalue weighted by Gasteiger charge is -2.18. The average Bonchev–Trinajstić information content (AvgIpc) is 2.52. The monoisotopic (exact) mass is 366 g/mol. The molecule has 1 aromatic rings. The van der Waals surface area contributed by atoms with Gasteiger partial charge in [0.25, 0.3) is 0 Å². The van der Waals surface area contributed by atoms with Gasteiger partial charge in [0.15, 0.2) is 11.5 Å². The zero-order chi connectivity index (χ0) is 15.5. The number of para-hydroxylation sites is 1. The van der Waals surface area contributed by atoms with E-state index in [-0.39, 0.29) is 24.8 Å². The average molecular weight is 367 g/mol. The Labute approximate surface area is 153 Å². The maximum Gasteiger partial charge on any atom is 0.165 e. The summed E-state index contributed by atoms with van der Waals surface area (Å²) in [6.45, 7) is 12.3. The van der Waals surface area contributed by atoms with Crippen molar-refractivity contribution in [3.8, 4) is 11.5 Å². The van der Waals surface area contributed by atoms with E-state index in [1.807, 2.05) is 19.1 Å². The molecule has 0 unspecified atom stereocenters. The molecule has 0 saturated heterocycles. The van der Waals surface area contributed by atoms with Gasteiger partial charge in [-0.15, -0.1) is 24.8 Å². The molecule has 0 bridgehead atoms. The Morgan fingerprint density at radius 3 is 2.35 bits per heavy atom. The normalized spacial score (nSPS) is 9.96. The van der Waals surface area contributed by atoms with E-state index in [1.165, 1.54) is 0 Å². The van der Waals surface area contributed by atoms with Crippen LogP contribution in [0.25, 0.3) is 0 Å². The summed E-state index contributed by atoms with van der Waals surface area (Å²) in [7, 11) is 1.68. The van der Waals surface area contributed by atoms with Crippen LogP contribution >= 0.6 is 24.8 Å². The summed E-state index contributed by atoms with van der Waals surface area (Å²) < 4.78 is 11.1. The molecule has 1 rings (SSSR count). The minimum atomic E-state index is 0. The van der Waals surface area contributed by atoms with Gasteiger partial charge in [-0.2, -0.15) is 0 Å². The molecule has 0 radical (unpaired) electrons. The second-order valence-corrected chi connectivity index (χ2v) is 4.94. The predicted molar refractivity (Wildman–Crippen MR) is 103 cm³/mol. The molecule has 0 aromatic heterocycles. The lowest BCUT2D eigenvalue weighted by atomic mass is 10.2. The van der Waals surface area contributed by atoms with Crippen LogP contribution in [0.1, 0.15) is 32.8 Å². The van der Waals surface area contributed by atoms with E-state index in [2.05, 4.69) is 30.1 Å². The van der Waals surface area contributed by atoms with Gasteiger partial charge in [0.05, 0.1) is 13.7 Å². The van der Waals surface area contributed by atoms with Gasteiger partial charge in [-0.3, -0.25) is 0 Å². The van der Waals surface area contributed by atoms with Crippen LogP contribution in [-0.4, -0.2) is 44.8 Å². The highest BCUT2D eigenvalue weighted by Gasteiger charge is 2.09. The van der Waals surface area contributed by atoms with Gasteiger partial charge in [-0.1, -0.05) is 26.0 Å². The van der Waals surface area contributed by atoms with Gasteiger partial charge in [-0.05, 0) is 45.6 Å². The van der Waals surface area contributed by atoms with Gasteiger partial charge >= 0.3 is 0 Å². The summed E-state index contributed by atoms with van der Waals surface area (Å²) in [5, 5.41) is 3.49. The van der Waals surface area contributed by atoms with Crippen LogP contribution in [-0.2, 0) is 6.54 Å². The molecule has 6 heteroatoms. The van der Waals surface area contributed by atoms with Crippen molar-refractivity contribution in [2.75, 3.05) is 39.9 Å². The Bertz CT molecular complexity index is 402. The molecule has 23 heavy (non-hydrogen) atoms. The van der Waals surface area contributed by atoms with E-state index in [0.717, 1.165) is 56.2 Å². The first-order valence-electron chi connectivity index (χ1n) is 7.98. The third kappa shape index (κ3) is 8.66. The van der Waals surface area contributed by atoms with Crippen molar-refractivity contribution in [2.24, 2.45) is 0 Å². The zero-order valence-electron chi connectivity index (χ0n) is 14.8. The summed E-state index contributed by atoms with van der Waals surface area (Å²) in [5.41, 5.74) is 1.15. The number of hydrogen-bond acceptors (Lipinski definition) is 4. The smallest absolute Gasteiger partial charge is 0.165 e. The van der Waals surface area contributed by atoms with Crippen LogP contribution in [0, 0.1) is 0 Å². The fourth-order valence-corrected chi connectivity index (χ4v) is 2.36. The SMILES string of the molecule is CCOc1c(CNCCCN(CC)CC)cccc1OC.Cl.Cl. The lowest BCUT2D eigenvalue weighted by molar-refractivity contribution is 0.296. The molecule has 0 aliphatic rings.